The highest BCUT2D eigenvalue weighted by atomic mass is 35.5. The molecule has 0 atom stereocenters. The van der Waals surface area contributed by atoms with Gasteiger partial charge in [-0.2, -0.15) is 4.98 Å². The summed E-state index contributed by atoms with van der Waals surface area (Å²) in [7, 11) is 0. The van der Waals surface area contributed by atoms with Gasteiger partial charge in [-0.15, -0.1) is 0 Å². The Morgan fingerprint density at radius 1 is 1.06 bits per heavy atom. The lowest BCUT2D eigenvalue weighted by Crippen LogP contribution is -2.13. The standard InChI is InChI=1S/C23H19ClN6O2/c1-13-20(32-12-26-13)22(31)28-18-9-15-6-5-14-3-2-4-16(7-14)29-23-25-11-19(24)21(30-23)27-17(8-15)10-18/h2-4,7-12H,5-6H2,1H3,(H,28,31)(H2,25,27,29,30). The summed E-state index contributed by atoms with van der Waals surface area (Å²) >= 11 is 6.34. The highest BCUT2D eigenvalue weighted by molar-refractivity contribution is 6.32. The van der Waals surface area contributed by atoms with Crippen molar-refractivity contribution in [1.29, 1.82) is 0 Å². The van der Waals surface area contributed by atoms with Crippen LogP contribution in [0.5, 0.6) is 0 Å². The zero-order chi connectivity index (χ0) is 22.1. The number of hydrogen-bond acceptors (Lipinski definition) is 7. The number of carbonyl (C=O) groups is 1. The summed E-state index contributed by atoms with van der Waals surface area (Å²) < 4.78 is 5.21. The first kappa shape index (κ1) is 20.0. The Labute approximate surface area is 189 Å². The summed E-state index contributed by atoms with van der Waals surface area (Å²) in [5.74, 6) is 0.710. The molecular weight excluding hydrogens is 428 g/mol. The smallest absolute Gasteiger partial charge is 0.293 e. The fourth-order valence-electron chi connectivity index (χ4n) is 3.56. The molecule has 1 aliphatic heterocycles. The van der Waals surface area contributed by atoms with Crippen LogP contribution >= 0.6 is 11.6 Å². The quantitative estimate of drug-likeness (QED) is 0.385. The molecule has 0 unspecified atom stereocenters. The number of amides is 1. The van der Waals surface area contributed by atoms with E-state index in [-0.39, 0.29) is 11.7 Å². The van der Waals surface area contributed by atoms with Crippen LogP contribution in [-0.2, 0) is 12.8 Å². The zero-order valence-corrected chi connectivity index (χ0v) is 17.9. The van der Waals surface area contributed by atoms with Gasteiger partial charge in [-0.05, 0) is 61.2 Å². The summed E-state index contributed by atoms with van der Waals surface area (Å²) in [5.41, 5.74) is 5.01. The van der Waals surface area contributed by atoms with Crippen molar-refractivity contribution in [3.8, 4) is 0 Å². The third-order valence-electron chi connectivity index (χ3n) is 5.09. The molecule has 8 nitrogen and oxygen atoms in total. The molecule has 6 bridgehead atoms. The molecule has 0 saturated heterocycles. The normalized spacial score (nSPS) is 12.4. The van der Waals surface area contributed by atoms with Crippen LogP contribution in [0.3, 0.4) is 0 Å². The molecule has 0 fully saturated rings. The second kappa shape index (κ2) is 8.32. The van der Waals surface area contributed by atoms with Gasteiger partial charge in [0.25, 0.3) is 5.91 Å². The van der Waals surface area contributed by atoms with Crippen molar-refractivity contribution in [2.75, 3.05) is 16.0 Å². The molecule has 2 aromatic heterocycles. The van der Waals surface area contributed by atoms with Crippen molar-refractivity contribution in [3.63, 3.8) is 0 Å². The van der Waals surface area contributed by atoms with Crippen LogP contribution in [0, 0.1) is 6.92 Å². The Morgan fingerprint density at radius 3 is 2.75 bits per heavy atom. The predicted octanol–water partition coefficient (Wildman–Crippen LogP) is 5.26. The van der Waals surface area contributed by atoms with Gasteiger partial charge in [-0.3, -0.25) is 4.79 Å². The summed E-state index contributed by atoms with van der Waals surface area (Å²) in [5, 5.41) is 9.75. The number of benzene rings is 2. The summed E-state index contributed by atoms with van der Waals surface area (Å²) in [6.07, 6.45) is 4.40. The van der Waals surface area contributed by atoms with Crippen molar-refractivity contribution in [2.45, 2.75) is 19.8 Å². The van der Waals surface area contributed by atoms with Crippen molar-refractivity contribution in [1.82, 2.24) is 15.0 Å². The van der Waals surface area contributed by atoms with Gasteiger partial charge in [-0.1, -0.05) is 23.7 Å². The van der Waals surface area contributed by atoms with Crippen molar-refractivity contribution in [3.05, 3.63) is 82.7 Å². The van der Waals surface area contributed by atoms with E-state index < -0.39 is 0 Å². The Hall–Kier alpha value is -3.91. The molecule has 2 aromatic carbocycles. The first-order valence-electron chi connectivity index (χ1n) is 10.0. The molecule has 4 aromatic rings. The van der Waals surface area contributed by atoms with Crippen LogP contribution in [0.25, 0.3) is 0 Å². The molecule has 0 spiro atoms. The van der Waals surface area contributed by atoms with E-state index in [9.17, 15) is 4.79 Å². The van der Waals surface area contributed by atoms with Gasteiger partial charge in [-0.25, -0.2) is 9.97 Å². The first-order chi connectivity index (χ1) is 15.5. The lowest BCUT2D eigenvalue weighted by atomic mass is 10.0. The topological polar surface area (TPSA) is 105 Å². The lowest BCUT2D eigenvalue weighted by molar-refractivity contribution is 0.0996. The highest BCUT2D eigenvalue weighted by Crippen LogP contribution is 2.29. The second-order valence-corrected chi connectivity index (χ2v) is 7.89. The number of hydrogen-bond donors (Lipinski definition) is 3. The average molecular weight is 447 g/mol. The number of carbonyl (C=O) groups excluding carboxylic acids is 1. The molecule has 0 radical (unpaired) electrons. The van der Waals surface area contributed by atoms with Crippen LogP contribution in [0.15, 0.2) is 59.5 Å². The number of fused-ring (bicyclic) bond motifs is 6. The van der Waals surface area contributed by atoms with E-state index in [1.165, 1.54) is 12.0 Å². The first-order valence-corrected chi connectivity index (χ1v) is 10.4. The molecule has 3 N–H and O–H groups in total. The number of nitrogens with one attached hydrogen (secondary N) is 3. The lowest BCUT2D eigenvalue weighted by Gasteiger charge is -2.13. The third kappa shape index (κ3) is 4.26. The number of rotatable bonds is 2. The van der Waals surface area contributed by atoms with E-state index in [4.69, 9.17) is 16.0 Å². The summed E-state index contributed by atoms with van der Waals surface area (Å²) in [4.78, 5) is 25.4. The highest BCUT2D eigenvalue weighted by Gasteiger charge is 2.16. The van der Waals surface area contributed by atoms with Crippen LogP contribution in [0.4, 0.5) is 28.8 Å². The SMILES string of the molecule is Cc1ncoc1C(=O)Nc1cc2cc(c1)Nc1nc(ncc1Cl)Nc1cccc(c1)CC2. The van der Waals surface area contributed by atoms with E-state index in [0.717, 1.165) is 29.8 Å². The van der Waals surface area contributed by atoms with E-state index in [0.29, 0.717) is 28.2 Å². The summed E-state index contributed by atoms with van der Waals surface area (Å²) in [6, 6.07) is 13.9. The second-order valence-electron chi connectivity index (χ2n) is 7.48. The maximum Gasteiger partial charge on any atom is 0.293 e. The Morgan fingerprint density at radius 2 is 1.91 bits per heavy atom. The minimum atomic E-state index is -0.361. The van der Waals surface area contributed by atoms with Crippen LogP contribution in [-0.4, -0.2) is 20.9 Å². The Bertz CT molecular complexity index is 1320. The molecule has 1 amide bonds. The minimum absolute atomic E-state index is 0.183. The van der Waals surface area contributed by atoms with E-state index in [1.54, 1.807) is 13.1 Å². The van der Waals surface area contributed by atoms with Gasteiger partial charge in [0.2, 0.25) is 11.7 Å². The molecule has 9 heteroatoms. The zero-order valence-electron chi connectivity index (χ0n) is 17.1. The van der Waals surface area contributed by atoms with Crippen molar-refractivity contribution in [2.24, 2.45) is 0 Å². The minimum Gasteiger partial charge on any atom is -0.438 e. The van der Waals surface area contributed by atoms with Gasteiger partial charge >= 0.3 is 0 Å². The fraction of sp³-hybridized carbons (Fsp3) is 0.130. The van der Waals surface area contributed by atoms with E-state index in [2.05, 4.69) is 43.0 Å². The molecule has 5 rings (SSSR count). The molecule has 3 heterocycles. The van der Waals surface area contributed by atoms with Crippen molar-refractivity contribution >= 4 is 46.3 Å². The number of aromatic nitrogens is 3. The number of oxazole rings is 1. The van der Waals surface area contributed by atoms with Gasteiger partial charge in [0, 0.05) is 17.1 Å². The number of anilines is 5. The summed E-state index contributed by atoms with van der Waals surface area (Å²) in [6.45, 7) is 1.72. The molecule has 1 aliphatic rings. The third-order valence-corrected chi connectivity index (χ3v) is 5.37. The molecule has 0 aliphatic carbocycles. The maximum absolute atomic E-state index is 12.6. The Kier molecular flexibility index (Phi) is 5.20. The van der Waals surface area contributed by atoms with Crippen LogP contribution < -0.4 is 16.0 Å². The van der Waals surface area contributed by atoms with Gasteiger partial charge < -0.3 is 20.4 Å². The average Bonchev–Trinajstić information content (AvgIpc) is 3.20. The van der Waals surface area contributed by atoms with Gasteiger partial charge in [0.15, 0.2) is 12.2 Å². The van der Waals surface area contributed by atoms with E-state index >= 15 is 0 Å². The molecule has 32 heavy (non-hydrogen) atoms. The van der Waals surface area contributed by atoms with E-state index in [1.807, 2.05) is 30.3 Å². The monoisotopic (exact) mass is 446 g/mol. The largest absolute Gasteiger partial charge is 0.438 e. The molecule has 0 saturated carbocycles. The molecule has 160 valence electrons. The maximum atomic E-state index is 12.6. The predicted molar refractivity (Wildman–Crippen MR) is 123 cm³/mol. The van der Waals surface area contributed by atoms with Gasteiger partial charge in [0.1, 0.15) is 5.02 Å². The van der Waals surface area contributed by atoms with Crippen molar-refractivity contribution < 1.29 is 9.21 Å². The number of nitrogens with zero attached hydrogens (tertiary/aromatic N) is 3. The Balaban J connectivity index is 1.54. The van der Waals surface area contributed by atoms with Gasteiger partial charge in [0.05, 0.1) is 11.9 Å². The molecular formula is C23H19ClN6O2. The fourth-order valence-corrected chi connectivity index (χ4v) is 3.70. The van der Waals surface area contributed by atoms with Crippen LogP contribution in [0.1, 0.15) is 27.4 Å². The number of aryl methyl sites for hydroxylation is 3. The van der Waals surface area contributed by atoms with Crippen LogP contribution in [0.2, 0.25) is 5.02 Å². The number of halogens is 1.